The molecule has 130 valence electrons. The second kappa shape index (κ2) is 6.09. The molecular weight excluding hydrogens is 308 g/mol. The highest BCUT2D eigenvalue weighted by Gasteiger charge is 2.65. The summed E-state index contributed by atoms with van der Waals surface area (Å²) in [5, 5.41) is 4.16. The van der Waals surface area contributed by atoms with Gasteiger partial charge >= 0.3 is 6.09 Å². The Morgan fingerprint density at radius 3 is 2.50 bits per heavy atom. The minimum Gasteiger partial charge on any atom is -0.444 e. The van der Waals surface area contributed by atoms with E-state index in [1.165, 1.54) is 5.06 Å². The van der Waals surface area contributed by atoms with Crippen LogP contribution in [0.1, 0.15) is 45.6 Å². The van der Waals surface area contributed by atoms with Crippen molar-refractivity contribution in [2.45, 2.75) is 63.8 Å². The Kier molecular flexibility index (Phi) is 4.25. The molecule has 6 heteroatoms. The highest BCUT2D eigenvalue weighted by Crippen LogP contribution is 2.48. The minimum atomic E-state index is -0.590. The SMILES string of the molecule is CC(C)(C)OC(=O)NC1C(=O)N(OCc2ccccc2)C12CCC2. The van der Waals surface area contributed by atoms with E-state index in [1.807, 2.05) is 30.3 Å². The number of amides is 2. The van der Waals surface area contributed by atoms with Gasteiger partial charge in [0.15, 0.2) is 0 Å². The number of hydroxylamine groups is 2. The van der Waals surface area contributed by atoms with Gasteiger partial charge in [-0.15, -0.1) is 0 Å². The molecule has 3 rings (SSSR count). The summed E-state index contributed by atoms with van der Waals surface area (Å²) in [5.74, 6) is -0.212. The van der Waals surface area contributed by atoms with Crippen molar-refractivity contribution in [3.8, 4) is 0 Å². The summed E-state index contributed by atoms with van der Waals surface area (Å²) >= 11 is 0. The van der Waals surface area contributed by atoms with Gasteiger partial charge in [-0.05, 0) is 45.6 Å². The topological polar surface area (TPSA) is 67.9 Å². The van der Waals surface area contributed by atoms with Gasteiger partial charge in [0.2, 0.25) is 0 Å². The average molecular weight is 332 g/mol. The molecule has 1 spiro atoms. The first-order chi connectivity index (χ1) is 11.3. The average Bonchev–Trinajstić information content (AvgIpc) is 2.46. The van der Waals surface area contributed by atoms with Gasteiger partial charge in [-0.25, -0.2) is 9.86 Å². The quantitative estimate of drug-likeness (QED) is 0.861. The first-order valence-corrected chi connectivity index (χ1v) is 8.32. The molecule has 0 bridgehead atoms. The van der Waals surface area contributed by atoms with Crippen LogP contribution in [0.25, 0.3) is 0 Å². The summed E-state index contributed by atoms with van der Waals surface area (Å²) in [6, 6.07) is 9.15. The number of benzene rings is 1. The van der Waals surface area contributed by atoms with Crippen LogP contribution in [-0.2, 0) is 21.0 Å². The van der Waals surface area contributed by atoms with Crippen LogP contribution in [0.5, 0.6) is 0 Å². The van der Waals surface area contributed by atoms with Crippen LogP contribution in [0.4, 0.5) is 4.79 Å². The lowest BCUT2D eigenvalue weighted by atomic mass is 9.65. The zero-order chi connectivity index (χ0) is 17.4. The van der Waals surface area contributed by atoms with Crippen molar-refractivity contribution in [3.05, 3.63) is 35.9 Å². The van der Waals surface area contributed by atoms with E-state index in [2.05, 4.69) is 5.32 Å². The van der Waals surface area contributed by atoms with E-state index in [9.17, 15) is 9.59 Å². The second-order valence-electron chi connectivity index (χ2n) is 7.43. The van der Waals surface area contributed by atoms with E-state index in [4.69, 9.17) is 9.57 Å². The second-order valence-corrected chi connectivity index (χ2v) is 7.43. The monoisotopic (exact) mass is 332 g/mol. The van der Waals surface area contributed by atoms with Crippen LogP contribution in [-0.4, -0.2) is 34.2 Å². The third kappa shape index (κ3) is 3.11. The lowest BCUT2D eigenvalue weighted by Gasteiger charge is -2.60. The normalized spacial score (nSPS) is 21.9. The van der Waals surface area contributed by atoms with Gasteiger partial charge in [-0.2, -0.15) is 0 Å². The molecule has 1 saturated carbocycles. The van der Waals surface area contributed by atoms with Crippen LogP contribution in [0.2, 0.25) is 0 Å². The fourth-order valence-electron chi connectivity index (χ4n) is 3.18. The summed E-state index contributed by atoms with van der Waals surface area (Å²) in [7, 11) is 0. The molecule has 1 aromatic rings. The van der Waals surface area contributed by atoms with E-state index < -0.39 is 23.3 Å². The van der Waals surface area contributed by atoms with E-state index in [-0.39, 0.29) is 5.91 Å². The number of hydrogen-bond acceptors (Lipinski definition) is 4. The number of carbonyl (C=O) groups excluding carboxylic acids is 2. The fraction of sp³-hybridized carbons (Fsp3) is 0.556. The maximum absolute atomic E-state index is 12.4. The van der Waals surface area contributed by atoms with Gasteiger partial charge in [-0.1, -0.05) is 30.3 Å². The van der Waals surface area contributed by atoms with Crippen LogP contribution in [0.3, 0.4) is 0 Å². The van der Waals surface area contributed by atoms with E-state index in [0.717, 1.165) is 24.8 Å². The molecular formula is C18H24N2O4. The van der Waals surface area contributed by atoms with E-state index in [0.29, 0.717) is 6.61 Å². The van der Waals surface area contributed by atoms with Crippen LogP contribution >= 0.6 is 0 Å². The number of alkyl carbamates (subject to hydrolysis) is 1. The van der Waals surface area contributed by atoms with Crippen molar-refractivity contribution in [1.82, 2.24) is 10.4 Å². The van der Waals surface area contributed by atoms with E-state index >= 15 is 0 Å². The van der Waals surface area contributed by atoms with Gasteiger partial charge in [0, 0.05) is 0 Å². The molecule has 0 radical (unpaired) electrons. The molecule has 6 nitrogen and oxygen atoms in total. The smallest absolute Gasteiger partial charge is 0.408 e. The molecule has 2 aliphatic rings. The molecule has 1 aliphatic carbocycles. The summed E-state index contributed by atoms with van der Waals surface area (Å²) < 4.78 is 5.26. The molecule has 1 unspecified atom stereocenters. The zero-order valence-corrected chi connectivity index (χ0v) is 14.4. The molecule has 24 heavy (non-hydrogen) atoms. The number of nitrogens with one attached hydrogen (secondary N) is 1. The molecule has 2 amide bonds. The third-order valence-corrected chi connectivity index (χ3v) is 4.47. The van der Waals surface area contributed by atoms with Gasteiger partial charge in [-0.3, -0.25) is 9.63 Å². The maximum Gasteiger partial charge on any atom is 0.408 e. The summed E-state index contributed by atoms with van der Waals surface area (Å²) in [5.41, 5.74) is -0.000970. The Morgan fingerprint density at radius 1 is 1.29 bits per heavy atom. The first kappa shape index (κ1) is 16.8. The lowest BCUT2D eigenvalue weighted by molar-refractivity contribution is -0.287. The molecule has 1 atom stereocenters. The highest BCUT2D eigenvalue weighted by molar-refractivity contribution is 5.93. The third-order valence-electron chi connectivity index (χ3n) is 4.47. The predicted molar refractivity (Wildman–Crippen MR) is 87.8 cm³/mol. The molecule has 1 heterocycles. The van der Waals surface area contributed by atoms with Crippen molar-refractivity contribution >= 4 is 12.0 Å². The Hall–Kier alpha value is -2.08. The molecule has 1 aromatic carbocycles. The highest BCUT2D eigenvalue weighted by atomic mass is 16.7. The summed E-state index contributed by atoms with van der Waals surface area (Å²) in [6.45, 7) is 5.73. The van der Waals surface area contributed by atoms with Crippen molar-refractivity contribution in [1.29, 1.82) is 0 Å². The molecule has 1 aliphatic heterocycles. The molecule has 0 aromatic heterocycles. The number of hydrogen-bond donors (Lipinski definition) is 1. The Balaban J connectivity index is 1.60. The number of carbonyl (C=O) groups is 2. The fourth-order valence-corrected chi connectivity index (χ4v) is 3.18. The van der Waals surface area contributed by atoms with Crippen molar-refractivity contribution < 1.29 is 19.2 Å². The Morgan fingerprint density at radius 2 is 1.96 bits per heavy atom. The first-order valence-electron chi connectivity index (χ1n) is 8.32. The van der Waals surface area contributed by atoms with Gasteiger partial charge in [0.05, 0.1) is 5.54 Å². The maximum atomic E-state index is 12.4. The molecule has 1 N–H and O–H groups in total. The van der Waals surface area contributed by atoms with Crippen LogP contribution < -0.4 is 5.32 Å². The van der Waals surface area contributed by atoms with E-state index in [1.54, 1.807) is 20.8 Å². The number of nitrogens with zero attached hydrogens (tertiary/aromatic N) is 1. The Labute approximate surface area is 142 Å². The number of ether oxygens (including phenoxy) is 1. The van der Waals surface area contributed by atoms with Gasteiger partial charge in [0.1, 0.15) is 18.2 Å². The van der Waals surface area contributed by atoms with Gasteiger partial charge in [0.25, 0.3) is 5.91 Å². The summed E-state index contributed by atoms with van der Waals surface area (Å²) in [4.78, 5) is 30.1. The lowest BCUT2D eigenvalue weighted by Crippen LogP contribution is -2.81. The minimum absolute atomic E-state index is 0.212. The predicted octanol–water partition coefficient (Wildman–Crippen LogP) is 2.78. The summed E-state index contributed by atoms with van der Waals surface area (Å²) in [6.07, 6.45) is 2.11. The van der Waals surface area contributed by atoms with Crippen molar-refractivity contribution in [3.63, 3.8) is 0 Å². The largest absolute Gasteiger partial charge is 0.444 e. The van der Waals surface area contributed by atoms with Crippen LogP contribution in [0, 0.1) is 0 Å². The standard InChI is InChI=1S/C18H24N2O4/c1-17(2,3)24-16(22)19-14-15(21)20(18(14)10-7-11-18)23-12-13-8-5-4-6-9-13/h4-6,8-9,14H,7,10-12H2,1-3H3,(H,19,22). The molecule has 2 fully saturated rings. The Bertz CT molecular complexity index is 620. The van der Waals surface area contributed by atoms with Crippen molar-refractivity contribution in [2.24, 2.45) is 0 Å². The zero-order valence-electron chi connectivity index (χ0n) is 14.4. The number of β-lactam (4-membered cyclic amide) rings is 1. The van der Waals surface area contributed by atoms with Gasteiger partial charge < -0.3 is 10.1 Å². The van der Waals surface area contributed by atoms with Crippen LogP contribution in [0.15, 0.2) is 30.3 Å². The molecule has 1 saturated heterocycles. The van der Waals surface area contributed by atoms with Crippen molar-refractivity contribution in [2.75, 3.05) is 0 Å². The number of rotatable bonds is 4.